The molecule has 1 aromatic carbocycles. The minimum absolute atomic E-state index is 0.0279. The van der Waals surface area contributed by atoms with E-state index in [1.165, 1.54) is 6.92 Å². The van der Waals surface area contributed by atoms with E-state index in [1.807, 2.05) is 24.3 Å². The Balaban J connectivity index is 1.91. The summed E-state index contributed by atoms with van der Waals surface area (Å²) in [5.74, 6) is -0.0618. The zero-order valence-corrected chi connectivity index (χ0v) is 11.6. The van der Waals surface area contributed by atoms with Gasteiger partial charge in [-0.3, -0.25) is 9.59 Å². The van der Waals surface area contributed by atoms with E-state index in [0.29, 0.717) is 18.1 Å². The van der Waals surface area contributed by atoms with Crippen molar-refractivity contribution < 1.29 is 9.59 Å². The maximum Gasteiger partial charge on any atom is 0.230 e. The first-order chi connectivity index (χ1) is 9.04. The van der Waals surface area contributed by atoms with E-state index in [0.717, 1.165) is 18.4 Å². The Morgan fingerprint density at radius 1 is 1.16 bits per heavy atom. The second-order valence-electron chi connectivity index (χ2n) is 4.83. The lowest BCUT2D eigenvalue weighted by molar-refractivity contribution is -0.124. The number of amides is 2. The topological polar surface area (TPSA) is 58.2 Å². The molecule has 19 heavy (non-hydrogen) atoms. The van der Waals surface area contributed by atoms with Gasteiger partial charge in [0.2, 0.25) is 11.8 Å². The molecule has 1 saturated carbocycles. The van der Waals surface area contributed by atoms with Crippen LogP contribution in [-0.2, 0) is 15.0 Å². The van der Waals surface area contributed by atoms with Gasteiger partial charge in [0.25, 0.3) is 0 Å². The molecular weight excluding hydrogens is 264 g/mol. The molecule has 0 spiro atoms. The van der Waals surface area contributed by atoms with Gasteiger partial charge in [-0.25, -0.2) is 0 Å². The highest BCUT2D eigenvalue weighted by Gasteiger charge is 2.50. The largest absolute Gasteiger partial charge is 0.355 e. The summed E-state index contributed by atoms with van der Waals surface area (Å²) < 4.78 is 0. The molecule has 0 aromatic heterocycles. The molecule has 1 aliphatic rings. The fourth-order valence-electron chi connectivity index (χ4n) is 2.12. The third kappa shape index (κ3) is 3.26. The molecule has 2 amide bonds. The number of hydrogen-bond acceptors (Lipinski definition) is 2. The summed E-state index contributed by atoms with van der Waals surface area (Å²) >= 11 is 5.85. The van der Waals surface area contributed by atoms with Crippen molar-refractivity contribution >= 4 is 23.4 Å². The SMILES string of the molecule is CC(=O)NCCNC(=O)C1(c2ccc(Cl)cc2)CC1. The number of rotatable bonds is 5. The van der Waals surface area contributed by atoms with Gasteiger partial charge in [0, 0.05) is 25.0 Å². The summed E-state index contributed by atoms with van der Waals surface area (Å²) in [6.45, 7) is 2.36. The molecule has 0 bridgehead atoms. The van der Waals surface area contributed by atoms with Gasteiger partial charge in [0.1, 0.15) is 0 Å². The molecule has 0 saturated heterocycles. The van der Waals surface area contributed by atoms with Gasteiger partial charge in [0.05, 0.1) is 5.41 Å². The van der Waals surface area contributed by atoms with Crippen LogP contribution in [0.15, 0.2) is 24.3 Å². The van der Waals surface area contributed by atoms with E-state index in [-0.39, 0.29) is 17.2 Å². The average molecular weight is 281 g/mol. The van der Waals surface area contributed by atoms with Gasteiger partial charge in [-0.15, -0.1) is 0 Å². The van der Waals surface area contributed by atoms with Crippen molar-refractivity contribution in [2.24, 2.45) is 0 Å². The van der Waals surface area contributed by atoms with E-state index in [9.17, 15) is 9.59 Å². The summed E-state index contributed by atoms with van der Waals surface area (Å²) in [4.78, 5) is 22.9. The van der Waals surface area contributed by atoms with E-state index in [2.05, 4.69) is 10.6 Å². The van der Waals surface area contributed by atoms with Gasteiger partial charge < -0.3 is 10.6 Å². The number of carbonyl (C=O) groups is 2. The van der Waals surface area contributed by atoms with Gasteiger partial charge in [-0.05, 0) is 30.5 Å². The quantitative estimate of drug-likeness (QED) is 0.806. The Hall–Kier alpha value is -1.55. The fourth-order valence-corrected chi connectivity index (χ4v) is 2.25. The normalized spacial score (nSPS) is 15.7. The van der Waals surface area contributed by atoms with Gasteiger partial charge in [-0.2, -0.15) is 0 Å². The summed E-state index contributed by atoms with van der Waals surface area (Å²) in [5.41, 5.74) is 0.620. The smallest absolute Gasteiger partial charge is 0.230 e. The Kier molecular flexibility index (Phi) is 4.10. The van der Waals surface area contributed by atoms with Crippen molar-refractivity contribution in [1.29, 1.82) is 0 Å². The first-order valence-corrected chi connectivity index (χ1v) is 6.71. The average Bonchev–Trinajstić information content (AvgIpc) is 3.16. The highest BCUT2D eigenvalue weighted by atomic mass is 35.5. The molecule has 0 radical (unpaired) electrons. The predicted octanol–water partition coefficient (Wildman–Crippen LogP) is 1.62. The van der Waals surface area contributed by atoms with Crippen LogP contribution in [0.3, 0.4) is 0 Å². The monoisotopic (exact) mass is 280 g/mol. The zero-order valence-electron chi connectivity index (χ0n) is 10.8. The molecule has 0 heterocycles. The zero-order chi connectivity index (χ0) is 13.9. The van der Waals surface area contributed by atoms with Crippen LogP contribution in [0.1, 0.15) is 25.3 Å². The second-order valence-corrected chi connectivity index (χ2v) is 5.26. The van der Waals surface area contributed by atoms with Gasteiger partial charge in [0.15, 0.2) is 0 Å². The van der Waals surface area contributed by atoms with Crippen LogP contribution in [-0.4, -0.2) is 24.9 Å². The maximum atomic E-state index is 12.2. The van der Waals surface area contributed by atoms with Crippen LogP contribution in [0.25, 0.3) is 0 Å². The molecule has 1 aromatic rings. The Bertz CT molecular complexity index is 481. The lowest BCUT2D eigenvalue weighted by atomic mass is 9.95. The predicted molar refractivity (Wildman–Crippen MR) is 74.1 cm³/mol. The first-order valence-electron chi connectivity index (χ1n) is 6.33. The molecule has 2 rings (SSSR count). The van der Waals surface area contributed by atoms with Crippen LogP contribution in [0.5, 0.6) is 0 Å². The summed E-state index contributed by atoms with van der Waals surface area (Å²) in [6.07, 6.45) is 1.72. The number of carbonyl (C=O) groups excluding carboxylic acids is 2. The number of benzene rings is 1. The Morgan fingerprint density at radius 3 is 2.26 bits per heavy atom. The minimum Gasteiger partial charge on any atom is -0.355 e. The third-order valence-corrected chi connectivity index (χ3v) is 3.62. The highest BCUT2D eigenvalue weighted by Crippen LogP contribution is 2.48. The van der Waals surface area contributed by atoms with Crippen LogP contribution in [0.2, 0.25) is 5.02 Å². The number of halogens is 1. The standard InChI is InChI=1S/C14H17ClN2O2/c1-10(18)16-8-9-17-13(19)14(6-7-14)11-2-4-12(15)5-3-11/h2-5H,6-9H2,1H3,(H,16,18)(H,17,19). The van der Waals surface area contributed by atoms with Crippen LogP contribution < -0.4 is 10.6 Å². The molecule has 0 aliphatic heterocycles. The molecule has 1 aliphatic carbocycles. The van der Waals surface area contributed by atoms with Crippen molar-refractivity contribution in [3.05, 3.63) is 34.9 Å². The molecule has 2 N–H and O–H groups in total. The fraction of sp³-hybridized carbons (Fsp3) is 0.429. The van der Waals surface area contributed by atoms with Crippen molar-refractivity contribution in [3.8, 4) is 0 Å². The van der Waals surface area contributed by atoms with Crippen molar-refractivity contribution in [2.45, 2.75) is 25.2 Å². The van der Waals surface area contributed by atoms with Crippen LogP contribution >= 0.6 is 11.6 Å². The summed E-state index contributed by atoms with van der Waals surface area (Å²) in [7, 11) is 0. The molecule has 102 valence electrons. The maximum absolute atomic E-state index is 12.2. The molecule has 4 nitrogen and oxygen atoms in total. The lowest BCUT2D eigenvalue weighted by Gasteiger charge is -2.16. The molecule has 1 fully saturated rings. The van der Waals surface area contributed by atoms with Crippen molar-refractivity contribution in [2.75, 3.05) is 13.1 Å². The number of nitrogens with one attached hydrogen (secondary N) is 2. The van der Waals surface area contributed by atoms with Gasteiger partial charge >= 0.3 is 0 Å². The second kappa shape index (κ2) is 5.61. The first kappa shape index (κ1) is 13.9. The summed E-state index contributed by atoms with van der Waals surface area (Å²) in [6, 6.07) is 7.43. The van der Waals surface area contributed by atoms with Crippen LogP contribution in [0.4, 0.5) is 0 Å². The number of hydrogen-bond donors (Lipinski definition) is 2. The Morgan fingerprint density at radius 2 is 1.74 bits per heavy atom. The van der Waals surface area contributed by atoms with E-state index < -0.39 is 0 Å². The minimum atomic E-state index is -0.388. The molecule has 5 heteroatoms. The van der Waals surface area contributed by atoms with Gasteiger partial charge in [-0.1, -0.05) is 23.7 Å². The summed E-state index contributed by atoms with van der Waals surface area (Å²) in [5, 5.41) is 6.19. The highest BCUT2D eigenvalue weighted by molar-refractivity contribution is 6.30. The lowest BCUT2D eigenvalue weighted by Crippen LogP contribution is -2.39. The molecule has 0 unspecified atom stereocenters. The van der Waals surface area contributed by atoms with E-state index in [4.69, 9.17) is 11.6 Å². The van der Waals surface area contributed by atoms with Crippen LogP contribution in [0, 0.1) is 0 Å². The molecular formula is C14H17ClN2O2. The third-order valence-electron chi connectivity index (χ3n) is 3.37. The van der Waals surface area contributed by atoms with E-state index >= 15 is 0 Å². The van der Waals surface area contributed by atoms with Crippen molar-refractivity contribution in [3.63, 3.8) is 0 Å². The molecule has 0 atom stereocenters. The van der Waals surface area contributed by atoms with E-state index in [1.54, 1.807) is 0 Å². The van der Waals surface area contributed by atoms with Crippen molar-refractivity contribution in [1.82, 2.24) is 10.6 Å². The Labute approximate surface area is 117 Å².